The number of aryl methyl sites for hydroxylation is 1. The predicted molar refractivity (Wildman–Crippen MR) is 127 cm³/mol. The molecule has 170 valence electrons. The number of piperidine rings is 1. The van der Waals surface area contributed by atoms with Crippen LogP contribution in [0.4, 0.5) is 5.69 Å². The maximum Gasteiger partial charge on any atom is 0.258 e. The molecule has 4 heterocycles. The van der Waals surface area contributed by atoms with Crippen molar-refractivity contribution in [3.8, 4) is 11.9 Å². The van der Waals surface area contributed by atoms with Gasteiger partial charge in [-0.25, -0.2) is 4.98 Å². The van der Waals surface area contributed by atoms with Crippen LogP contribution in [-0.2, 0) is 6.42 Å². The third kappa shape index (κ3) is 5.72. The van der Waals surface area contributed by atoms with Gasteiger partial charge in [-0.15, -0.1) is 0 Å². The van der Waals surface area contributed by atoms with Crippen LogP contribution in [0.2, 0.25) is 0 Å². The summed E-state index contributed by atoms with van der Waals surface area (Å²) >= 11 is 1.27. The van der Waals surface area contributed by atoms with Gasteiger partial charge in [0.15, 0.2) is 0 Å². The number of nitrogens with zero attached hydrogens (tertiary/aromatic N) is 5. The fourth-order valence-corrected chi connectivity index (χ4v) is 4.75. The lowest BCUT2D eigenvalue weighted by Crippen LogP contribution is -2.38. The van der Waals surface area contributed by atoms with Crippen molar-refractivity contribution in [3.63, 3.8) is 0 Å². The molecule has 9 heteroatoms. The van der Waals surface area contributed by atoms with Crippen molar-refractivity contribution >= 4 is 23.1 Å². The highest BCUT2D eigenvalue weighted by Crippen LogP contribution is 2.24. The van der Waals surface area contributed by atoms with Crippen molar-refractivity contribution in [3.05, 3.63) is 64.1 Å². The first-order chi connectivity index (χ1) is 16.1. The van der Waals surface area contributed by atoms with E-state index in [9.17, 15) is 4.79 Å². The summed E-state index contributed by atoms with van der Waals surface area (Å²) in [5.74, 6) is 0.329. The highest BCUT2D eigenvalue weighted by Gasteiger charge is 2.21. The zero-order valence-corrected chi connectivity index (χ0v) is 19.6. The quantitative estimate of drug-likeness (QED) is 0.569. The Morgan fingerprint density at radius 3 is 2.82 bits per heavy atom. The van der Waals surface area contributed by atoms with Crippen molar-refractivity contribution in [1.82, 2.24) is 19.2 Å². The molecule has 4 rings (SSSR count). The molecule has 0 radical (unpaired) electrons. The fourth-order valence-electron chi connectivity index (χ4n) is 3.87. The summed E-state index contributed by atoms with van der Waals surface area (Å²) in [4.78, 5) is 24.9. The predicted octanol–water partition coefficient (Wildman–Crippen LogP) is 3.82. The van der Waals surface area contributed by atoms with E-state index in [0.29, 0.717) is 34.8 Å². The lowest BCUT2D eigenvalue weighted by molar-refractivity contribution is 0.0996. The number of aromatic nitrogens is 3. The monoisotopic (exact) mass is 462 g/mol. The first-order valence-corrected chi connectivity index (χ1v) is 11.8. The van der Waals surface area contributed by atoms with Gasteiger partial charge in [-0.1, -0.05) is 6.92 Å². The Hall–Kier alpha value is -3.35. The van der Waals surface area contributed by atoms with E-state index in [1.807, 2.05) is 6.92 Å². The molecule has 0 atom stereocenters. The number of rotatable bonds is 7. The summed E-state index contributed by atoms with van der Waals surface area (Å²) in [6.07, 6.45) is 5.81. The summed E-state index contributed by atoms with van der Waals surface area (Å²) in [5.41, 5.74) is 3.05. The van der Waals surface area contributed by atoms with E-state index < -0.39 is 0 Å². The molecule has 33 heavy (non-hydrogen) atoms. The Morgan fingerprint density at radius 1 is 1.30 bits per heavy atom. The highest BCUT2D eigenvalue weighted by molar-refractivity contribution is 7.06. The normalized spacial score (nSPS) is 14.6. The molecular weight excluding hydrogens is 436 g/mol. The number of carbonyl (C=O) groups excluding carboxylic acids is 1. The number of carbonyl (C=O) groups is 1. The van der Waals surface area contributed by atoms with Crippen LogP contribution in [0.25, 0.3) is 0 Å². The standard InChI is InChI=1S/C24H26N6O2S/c1-3-30-10-7-20(8-11-30)32-22-5-4-18(15-27-22)28-24(31)23-16(2)29-33-21(23)13-19-12-17(14-25)6-9-26-19/h4-6,9,12,15,20H,3,7-8,10-11,13H2,1-2H3,(H,28,31). The van der Waals surface area contributed by atoms with Crippen molar-refractivity contribution < 1.29 is 9.53 Å². The van der Waals surface area contributed by atoms with Gasteiger partial charge >= 0.3 is 0 Å². The Morgan fingerprint density at radius 2 is 2.12 bits per heavy atom. The van der Waals surface area contributed by atoms with Crippen LogP contribution >= 0.6 is 11.5 Å². The van der Waals surface area contributed by atoms with E-state index in [2.05, 4.69) is 37.6 Å². The molecule has 0 aliphatic carbocycles. The van der Waals surface area contributed by atoms with Gasteiger partial charge in [-0.3, -0.25) is 9.78 Å². The molecule has 0 bridgehead atoms. The molecule has 1 fully saturated rings. The van der Waals surface area contributed by atoms with Crippen LogP contribution in [0.3, 0.4) is 0 Å². The zero-order chi connectivity index (χ0) is 23.2. The zero-order valence-electron chi connectivity index (χ0n) is 18.7. The maximum absolute atomic E-state index is 13.0. The number of likely N-dealkylation sites (tertiary alicyclic amines) is 1. The van der Waals surface area contributed by atoms with Crippen LogP contribution in [-0.4, -0.2) is 50.9 Å². The first-order valence-electron chi connectivity index (χ1n) is 11.0. The minimum absolute atomic E-state index is 0.177. The van der Waals surface area contributed by atoms with E-state index in [0.717, 1.165) is 43.0 Å². The fraction of sp³-hybridized carbons (Fsp3) is 0.375. The molecule has 0 saturated carbocycles. The molecule has 3 aromatic rings. The third-order valence-corrected chi connectivity index (χ3v) is 6.65. The minimum Gasteiger partial charge on any atom is -0.474 e. The lowest BCUT2D eigenvalue weighted by Gasteiger charge is -2.30. The van der Waals surface area contributed by atoms with Gasteiger partial charge in [-0.2, -0.15) is 9.64 Å². The van der Waals surface area contributed by atoms with Gasteiger partial charge in [0.25, 0.3) is 5.91 Å². The second-order valence-electron chi connectivity index (χ2n) is 7.98. The summed E-state index contributed by atoms with van der Waals surface area (Å²) in [7, 11) is 0. The Balaban J connectivity index is 1.39. The number of hydrogen-bond acceptors (Lipinski definition) is 8. The van der Waals surface area contributed by atoms with E-state index in [1.165, 1.54) is 11.5 Å². The van der Waals surface area contributed by atoms with Crippen LogP contribution in [0.15, 0.2) is 36.7 Å². The molecule has 1 amide bonds. The first kappa shape index (κ1) is 22.8. The van der Waals surface area contributed by atoms with E-state index >= 15 is 0 Å². The number of nitriles is 1. The van der Waals surface area contributed by atoms with Crippen LogP contribution in [0.5, 0.6) is 5.88 Å². The molecule has 1 N–H and O–H groups in total. The largest absolute Gasteiger partial charge is 0.474 e. The molecule has 0 aromatic carbocycles. The number of hydrogen-bond donors (Lipinski definition) is 1. The molecular formula is C24H26N6O2S. The summed E-state index contributed by atoms with van der Waals surface area (Å²) in [6.45, 7) is 7.15. The van der Waals surface area contributed by atoms with Crippen LogP contribution < -0.4 is 10.1 Å². The third-order valence-electron chi connectivity index (χ3n) is 5.71. The van der Waals surface area contributed by atoms with Crippen molar-refractivity contribution in [2.45, 2.75) is 39.2 Å². The van der Waals surface area contributed by atoms with Crippen molar-refractivity contribution in [2.24, 2.45) is 0 Å². The van der Waals surface area contributed by atoms with Gasteiger partial charge < -0.3 is 15.0 Å². The van der Waals surface area contributed by atoms with E-state index in [4.69, 9.17) is 10.00 Å². The summed E-state index contributed by atoms with van der Waals surface area (Å²) in [5, 5.41) is 12.0. The van der Waals surface area contributed by atoms with E-state index in [-0.39, 0.29) is 12.0 Å². The number of pyridine rings is 2. The number of anilines is 1. The van der Waals surface area contributed by atoms with Gasteiger partial charge in [0.1, 0.15) is 6.10 Å². The maximum atomic E-state index is 13.0. The Labute approximate surface area is 197 Å². The lowest BCUT2D eigenvalue weighted by atomic mass is 10.1. The van der Waals surface area contributed by atoms with Gasteiger partial charge in [0.05, 0.1) is 34.8 Å². The van der Waals surface area contributed by atoms with Crippen LogP contribution in [0, 0.1) is 18.3 Å². The molecule has 1 aliphatic heterocycles. The second-order valence-corrected chi connectivity index (χ2v) is 8.84. The van der Waals surface area contributed by atoms with Gasteiger partial charge in [0.2, 0.25) is 5.88 Å². The van der Waals surface area contributed by atoms with Crippen LogP contribution in [0.1, 0.15) is 52.0 Å². The smallest absolute Gasteiger partial charge is 0.258 e. The molecule has 0 unspecified atom stereocenters. The van der Waals surface area contributed by atoms with Crippen molar-refractivity contribution in [1.29, 1.82) is 5.26 Å². The topological polar surface area (TPSA) is 104 Å². The van der Waals surface area contributed by atoms with E-state index in [1.54, 1.807) is 36.7 Å². The number of ether oxygens (including phenoxy) is 1. The summed E-state index contributed by atoms with van der Waals surface area (Å²) < 4.78 is 10.4. The molecule has 3 aromatic heterocycles. The summed E-state index contributed by atoms with van der Waals surface area (Å²) in [6, 6.07) is 9.09. The SMILES string of the molecule is CCN1CCC(Oc2ccc(NC(=O)c3c(C)nsc3Cc3cc(C#N)ccn3)cn2)CC1. The Bertz CT molecular complexity index is 1150. The molecule has 1 saturated heterocycles. The average molecular weight is 463 g/mol. The van der Waals surface area contributed by atoms with Gasteiger partial charge in [0, 0.05) is 42.3 Å². The molecule has 0 spiro atoms. The molecule has 8 nitrogen and oxygen atoms in total. The second kappa shape index (κ2) is 10.5. The average Bonchev–Trinajstić information content (AvgIpc) is 3.20. The number of amides is 1. The highest BCUT2D eigenvalue weighted by atomic mass is 32.1. The minimum atomic E-state index is -0.241. The Kier molecular flexibility index (Phi) is 7.27. The van der Waals surface area contributed by atoms with Gasteiger partial charge in [-0.05, 0) is 56.0 Å². The number of nitrogens with one attached hydrogen (secondary N) is 1. The molecule has 1 aliphatic rings. The van der Waals surface area contributed by atoms with Crippen molar-refractivity contribution in [2.75, 3.05) is 25.0 Å².